The largest absolute Gasteiger partial charge is 0.337 e. The Labute approximate surface area is 171 Å². The molecule has 6 rings (SSSR count). The topological polar surface area (TPSA) is 63.7 Å². The maximum atomic E-state index is 13.6. The highest BCUT2D eigenvalue weighted by molar-refractivity contribution is 7.86. The van der Waals surface area contributed by atoms with E-state index in [2.05, 4.69) is 0 Å². The molecule has 4 saturated carbocycles. The van der Waals surface area contributed by atoms with Crippen molar-refractivity contribution in [3.8, 4) is 0 Å². The molecule has 5 nitrogen and oxygen atoms in total. The molecule has 1 aromatic rings. The van der Waals surface area contributed by atoms with Crippen molar-refractivity contribution in [2.75, 3.05) is 19.3 Å². The molecule has 1 amide bonds. The second-order valence-corrected chi connectivity index (χ2v) is 11.4. The molecule has 0 aromatic heterocycles. The summed E-state index contributed by atoms with van der Waals surface area (Å²) in [6.07, 6.45) is 7.02. The molecule has 4 bridgehead atoms. The number of halogens is 1. The molecule has 4 aliphatic carbocycles. The zero-order valence-electron chi connectivity index (χ0n) is 16.7. The Kier molecular flexibility index (Phi) is 4.55. The van der Waals surface area contributed by atoms with E-state index in [1.54, 1.807) is 4.90 Å². The van der Waals surface area contributed by atoms with Gasteiger partial charge in [0.2, 0.25) is 5.91 Å². The molecule has 0 radical (unpaired) electrons. The van der Waals surface area contributed by atoms with Crippen molar-refractivity contribution in [2.45, 2.75) is 50.0 Å². The molecule has 0 atom stereocenters. The number of carbonyl (C=O) groups is 1. The molecule has 7 heteroatoms. The number of benzene rings is 1. The first kappa shape index (κ1) is 19.5. The van der Waals surface area contributed by atoms with Gasteiger partial charge < -0.3 is 4.90 Å². The summed E-state index contributed by atoms with van der Waals surface area (Å²) < 4.78 is 41.2. The van der Waals surface area contributed by atoms with Gasteiger partial charge in [0.05, 0.1) is 19.3 Å². The molecule has 0 unspecified atom stereocenters. The van der Waals surface area contributed by atoms with Gasteiger partial charge in [0.25, 0.3) is 10.1 Å². The molecule has 0 spiro atoms. The SMILES string of the molecule is CS(=O)(=O)OC1CN(C(=O)CC2(c3ccc(F)cc3)C3CC4CC(C3)CC2C4)C1. The highest BCUT2D eigenvalue weighted by atomic mass is 32.2. The van der Waals surface area contributed by atoms with Gasteiger partial charge in [-0.1, -0.05) is 12.1 Å². The van der Waals surface area contributed by atoms with Crippen LogP contribution >= 0.6 is 0 Å². The Morgan fingerprint density at radius 2 is 1.62 bits per heavy atom. The number of amides is 1. The van der Waals surface area contributed by atoms with Crippen molar-refractivity contribution in [1.29, 1.82) is 0 Å². The van der Waals surface area contributed by atoms with Crippen LogP contribution < -0.4 is 0 Å². The molecule has 5 aliphatic rings. The average Bonchev–Trinajstić information content (AvgIpc) is 2.60. The Balaban J connectivity index is 1.39. The molecule has 1 saturated heterocycles. The number of nitrogens with zero attached hydrogens (tertiary/aromatic N) is 1. The number of hydrogen-bond acceptors (Lipinski definition) is 4. The third-order valence-electron chi connectivity index (χ3n) is 7.93. The third-order valence-corrected chi connectivity index (χ3v) is 8.55. The van der Waals surface area contributed by atoms with Gasteiger partial charge in [-0.3, -0.25) is 8.98 Å². The summed E-state index contributed by atoms with van der Waals surface area (Å²) in [6.45, 7) is 0.651. The quantitative estimate of drug-likeness (QED) is 0.686. The predicted molar refractivity (Wildman–Crippen MR) is 106 cm³/mol. The van der Waals surface area contributed by atoms with E-state index in [-0.39, 0.29) is 17.1 Å². The zero-order chi connectivity index (χ0) is 20.4. The summed E-state index contributed by atoms with van der Waals surface area (Å²) in [5, 5.41) is 0. The van der Waals surface area contributed by atoms with Crippen LogP contribution in [-0.4, -0.2) is 44.7 Å². The van der Waals surface area contributed by atoms with Crippen LogP contribution in [0.3, 0.4) is 0 Å². The molecule has 1 heterocycles. The smallest absolute Gasteiger partial charge is 0.264 e. The van der Waals surface area contributed by atoms with Crippen LogP contribution in [0.1, 0.15) is 44.1 Å². The third kappa shape index (κ3) is 3.40. The summed E-state index contributed by atoms with van der Waals surface area (Å²) in [5.41, 5.74) is 0.881. The van der Waals surface area contributed by atoms with Gasteiger partial charge in [0.15, 0.2) is 0 Å². The maximum absolute atomic E-state index is 13.6. The molecular weight excluding hydrogens is 393 g/mol. The monoisotopic (exact) mass is 421 g/mol. The number of carbonyl (C=O) groups excluding carboxylic acids is 1. The van der Waals surface area contributed by atoms with Crippen LogP contribution in [0.5, 0.6) is 0 Å². The van der Waals surface area contributed by atoms with Crippen molar-refractivity contribution in [1.82, 2.24) is 4.90 Å². The predicted octanol–water partition coefficient (Wildman–Crippen LogP) is 3.10. The summed E-state index contributed by atoms with van der Waals surface area (Å²) in [6, 6.07) is 6.81. The Bertz CT molecular complexity index is 879. The van der Waals surface area contributed by atoms with E-state index in [9.17, 15) is 17.6 Å². The van der Waals surface area contributed by atoms with Crippen LogP contribution in [0.2, 0.25) is 0 Å². The minimum Gasteiger partial charge on any atom is -0.337 e. The fourth-order valence-electron chi connectivity index (χ4n) is 6.96. The molecule has 1 aliphatic heterocycles. The van der Waals surface area contributed by atoms with Gasteiger partial charge in [-0.2, -0.15) is 8.42 Å². The van der Waals surface area contributed by atoms with E-state index < -0.39 is 16.2 Å². The summed E-state index contributed by atoms with van der Waals surface area (Å²) >= 11 is 0. The standard InChI is InChI=1S/C22H28FNO4S/c1-29(26,27)28-20-12-24(13-20)21(25)11-22(16-2-4-19(23)5-3-16)17-7-14-6-15(9-17)10-18(22)8-14/h2-5,14-15,17-18,20H,6-13H2,1H3. The second kappa shape index (κ2) is 6.77. The lowest BCUT2D eigenvalue weighted by molar-refractivity contribution is -0.147. The van der Waals surface area contributed by atoms with Crippen molar-refractivity contribution < 1.29 is 21.8 Å². The highest BCUT2D eigenvalue weighted by Gasteiger charge is 2.58. The Morgan fingerprint density at radius 3 is 2.14 bits per heavy atom. The van der Waals surface area contributed by atoms with Crippen molar-refractivity contribution in [3.05, 3.63) is 35.6 Å². The molecular formula is C22H28FNO4S. The van der Waals surface area contributed by atoms with Crippen LogP contribution in [-0.2, 0) is 24.5 Å². The Morgan fingerprint density at radius 1 is 1.07 bits per heavy atom. The maximum Gasteiger partial charge on any atom is 0.264 e. The van der Waals surface area contributed by atoms with E-state index in [1.165, 1.54) is 18.6 Å². The summed E-state index contributed by atoms with van der Waals surface area (Å²) in [4.78, 5) is 14.9. The lowest BCUT2D eigenvalue weighted by Gasteiger charge is -2.62. The van der Waals surface area contributed by atoms with Crippen LogP contribution in [0.15, 0.2) is 24.3 Å². The minimum absolute atomic E-state index is 0.0650. The number of rotatable bonds is 5. The highest BCUT2D eigenvalue weighted by Crippen LogP contribution is 2.64. The van der Waals surface area contributed by atoms with Crippen molar-refractivity contribution >= 4 is 16.0 Å². The summed E-state index contributed by atoms with van der Waals surface area (Å²) in [5.74, 6) is 2.31. The Hall–Kier alpha value is -1.47. The molecule has 1 aromatic carbocycles. The fraction of sp³-hybridized carbons (Fsp3) is 0.682. The van der Waals surface area contributed by atoms with Gasteiger partial charge >= 0.3 is 0 Å². The molecule has 5 fully saturated rings. The van der Waals surface area contributed by atoms with E-state index in [1.807, 2.05) is 12.1 Å². The van der Waals surface area contributed by atoms with E-state index in [4.69, 9.17) is 4.18 Å². The first-order chi connectivity index (χ1) is 13.7. The van der Waals surface area contributed by atoms with E-state index in [0.717, 1.165) is 49.3 Å². The molecule has 29 heavy (non-hydrogen) atoms. The van der Waals surface area contributed by atoms with Crippen LogP contribution in [0.25, 0.3) is 0 Å². The molecule has 158 valence electrons. The van der Waals surface area contributed by atoms with Crippen molar-refractivity contribution in [3.63, 3.8) is 0 Å². The average molecular weight is 422 g/mol. The van der Waals surface area contributed by atoms with Crippen LogP contribution in [0.4, 0.5) is 4.39 Å². The number of hydrogen-bond donors (Lipinski definition) is 0. The van der Waals surface area contributed by atoms with Gasteiger partial charge in [0.1, 0.15) is 11.9 Å². The number of likely N-dealkylation sites (tertiary alicyclic amines) is 1. The van der Waals surface area contributed by atoms with Gasteiger partial charge in [-0.15, -0.1) is 0 Å². The lowest BCUT2D eigenvalue weighted by atomic mass is 9.43. The van der Waals surface area contributed by atoms with Crippen LogP contribution in [0, 0.1) is 29.5 Å². The zero-order valence-corrected chi connectivity index (χ0v) is 17.5. The normalized spacial score (nSPS) is 36.3. The first-order valence-corrected chi connectivity index (χ1v) is 12.5. The first-order valence-electron chi connectivity index (χ1n) is 10.6. The van der Waals surface area contributed by atoms with E-state index >= 15 is 0 Å². The lowest BCUT2D eigenvalue weighted by Crippen LogP contribution is -2.60. The van der Waals surface area contributed by atoms with Gasteiger partial charge in [-0.05, 0) is 73.5 Å². The van der Waals surface area contributed by atoms with E-state index in [0.29, 0.717) is 31.3 Å². The van der Waals surface area contributed by atoms with Gasteiger partial charge in [-0.25, -0.2) is 4.39 Å². The van der Waals surface area contributed by atoms with Gasteiger partial charge in [0, 0.05) is 11.8 Å². The second-order valence-electron chi connectivity index (χ2n) is 9.75. The minimum atomic E-state index is -3.51. The van der Waals surface area contributed by atoms with Crippen molar-refractivity contribution in [2.24, 2.45) is 23.7 Å². The molecule has 0 N–H and O–H groups in total. The summed E-state index contributed by atoms with van der Waals surface area (Å²) in [7, 11) is -3.51. The fourth-order valence-corrected chi connectivity index (χ4v) is 7.58.